The van der Waals surface area contributed by atoms with Crippen LogP contribution < -0.4 is 5.32 Å². The predicted octanol–water partition coefficient (Wildman–Crippen LogP) is 3.12. The van der Waals surface area contributed by atoms with Crippen LogP contribution in [-0.2, 0) is 5.75 Å². The van der Waals surface area contributed by atoms with E-state index in [1.54, 1.807) is 6.07 Å². The number of rotatable bonds is 6. The van der Waals surface area contributed by atoms with E-state index in [0.717, 1.165) is 0 Å². The van der Waals surface area contributed by atoms with Gasteiger partial charge in [0, 0.05) is 6.54 Å². The largest absolute Gasteiger partial charge is 0.455 e. The molecule has 1 heterocycles. The van der Waals surface area contributed by atoms with Gasteiger partial charge in [0.2, 0.25) is 0 Å². The Bertz CT molecular complexity index is 366. The van der Waals surface area contributed by atoms with E-state index in [1.807, 2.05) is 13.8 Å². The first-order valence-corrected chi connectivity index (χ1v) is 6.30. The molecule has 0 aromatic carbocycles. The average molecular weight is 263 g/mol. The predicted molar refractivity (Wildman–Crippen MR) is 63.2 cm³/mol. The van der Waals surface area contributed by atoms with Crippen LogP contribution in [0.25, 0.3) is 0 Å². The van der Waals surface area contributed by atoms with Crippen LogP contribution in [0.3, 0.4) is 0 Å². The summed E-state index contributed by atoms with van der Waals surface area (Å²) in [6.45, 7) is 4.51. The van der Waals surface area contributed by atoms with Crippen LogP contribution in [0.15, 0.2) is 16.5 Å². The number of nitrogens with one attached hydrogen (secondary N) is 1. The maximum absolute atomic E-state index is 11.9. The van der Waals surface area contributed by atoms with Crippen molar-refractivity contribution in [3.8, 4) is 0 Å². The van der Waals surface area contributed by atoms with Gasteiger partial charge in [-0.3, -0.25) is 4.79 Å². The molecule has 0 unspecified atom stereocenters. The number of alkyl halides is 2. The van der Waals surface area contributed by atoms with Gasteiger partial charge < -0.3 is 9.73 Å². The monoisotopic (exact) mass is 263 g/mol. The smallest absolute Gasteiger partial charge is 0.287 e. The first-order chi connectivity index (χ1) is 7.99. The zero-order valence-electron chi connectivity index (χ0n) is 9.70. The van der Waals surface area contributed by atoms with E-state index in [9.17, 15) is 13.6 Å². The Morgan fingerprint density at radius 3 is 2.76 bits per heavy atom. The summed E-state index contributed by atoms with van der Waals surface area (Å²) in [5.74, 6) is -1.79. The number of hydrogen-bond acceptors (Lipinski definition) is 3. The molecule has 17 heavy (non-hydrogen) atoms. The van der Waals surface area contributed by atoms with Crippen LogP contribution in [0.4, 0.5) is 8.78 Å². The summed E-state index contributed by atoms with van der Waals surface area (Å²) in [5.41, 5.74) is 0. The zero-order chi connectivity index (χ0) is 12.8. The minimum atomic E-state index is -2.43. The fourth-order valence-corrected chi connectivity index (χ4v) is 1.55. The Kier molecular flexibility index (Phi) is 5.47. The van der Waals surface area contributed by atoms with Crippen molar-refractivity contribution >= 4 is 17.7 Å². The molecule has 0 aliphatic heterocycles. The molecule has 0 bridgehead atoms. The van der Waals surface area contributed by atoms with Crippen molar-refractivity contribution < 1.29 is 18.0 Å². The van der Waals surface area contributed by atoms with E-state index in [-0.39, 0.29) is 17.4 Å². The molecule has 0 spiro atoms. The third-order valence-corrected chi connectivity index (χ3v) is 2.61. The molecule has 0 fully saturated rings. The van der Waals surface area contributed by atoms with E-state index >= 15 is 0 Å². The second-order valence-corrected chi connectivity index (χ2v) is 4.92. The molecule has 6 heteroatoms. The Hall–Kier alpha value is -1.04. The molecular weight excluding hydrogens is 248 g/mol. The van der Waals surface area contributed by atoms with Crippen LogP contribution in [-0.4, -0.2) is 18.2 Å². The molecule has 96 valence electrons. The van der Waals surface area contributed by atoms with E-state index in [2.05, 4.69) is 5.32 Å². The number of carbonyl (C=O) groups is 1. The summed E-state index contributed by atoms with van der Waals surface area (Å²) in [6.07, 6.45) is 0. The molecule has 0 saturated heterocycles. The Labute approximate surface area is 103 Å². The quantitative estimate of drug-likeness (QED) is 0.857. The molecule has 0 aliphatic carbocycles. The van der Waals surface area contributed by atoms with Crippen LogP contribution in [0.2, 0.25) is 0 Å². The molecule has 0 atom stereocenters. The van der Waals surface area contributed by atoms with Gasteiger partial charge in [-0.1, -0.05) is 25.6 Å². The summed E-state index contributed by atoms with van der Waals surface area (Å²) in [6, 6.07) is 3.04. The summed E-state index contributed by atoms with van der Waals surface area (Å²) in [4.78, 5) is 11.5. The van der Waals surface area contributed by atoms with E-state index in [1.165, 1.54) is 6.07 Å². The lowest BCUT2D eigenvalue weighted by Crippen LogP contribution is -2.26. The third kappa shape index (κ3) is 5.21. The lowest BCUT2D eigenvalue weighted by atomic mass is 10.2. The lowest BCUT2D eigenvalue weighted by Gasteiger charge is -2.05. The van der Waals surface area contributed by atoms with Crippen molar-refractivity contribution in [2.24, 2.45) is 5.92 Å². The van der Waals surface area contributed by atoms with Crippen LogP contribution in [0.5, 0.6) is 0 Å². The van der Waals surface area contributed by atoms with E-state index < -0.39 is 5.76 Å². The second-order valence-electron chi connectivity index (χ2n) is 3.94. The molecule has 3 nitrogen and oxygen atoms in total. The van der Waals surface area contributed by atoms with Gasteiger partial charge in [0.25, 0.3) is 11.7 Å². The van der Waals surface area contributed by atoms with Crippen molar-refractivity contribution in [3.05, 3.63) is 23.7 Å². The maximum atomic E-state index is 11.9. The molecule has 1 aromatic heterocycles. The van der Waals surface area contributed by atoms with E-state index in [0.29, 0.717) is 30.0 Å². The highest BCUT2D eigenvalue weighted by atomic mass is 32.2. The molecule has 0 saturated carbocycles. The van der Waals surface area contributed by atoms with E-state index in [4.69, 9.17) is 4.42 Å². The summed E-state index contributed by atoms with van der Waals surface area (Å²) in [7, 11) is 0. The van der Waals surface area contributed by atoms with Gasteiger partial charge in [-0.25, -0.2) is 0 Å². The lowest BCUT2D eigenvalue weighted by molar-refractivity contribution is 0.0920. The highest BCUT2D eigenvalue weighted by Crippen LogP contribution is 2.21. The first kappa shape index (κ1) is 14.0. The molecule has 1 N–H and O–H groups in total. The van der Waals surface area contributed by atoms with Gasteiger partial charge in [0.05, 0.1) is 5.75 Å². The number of thioether (sulfide) groups is 1. The van der Waals surface area contributed by atoms with Gasteiger partial charge in [-0.15, -0.1) is 0 Å². The standard InChI is InChI=1S/C11H15F2NO2S/c1-7(2)5-14-10(15)9-4-3-8(16-9)6-17-11(12)13/h3-4,7,11H,5-6H2,1-2H3,(H,14,15). The van der Waals surface area contributed by atoms with Crippen LogP contribution in [0, 0.1) is 5.92 Å². The molecule has 1 rings (SSSR count). The third-order valence-electron chi connectivity index (χ3n) is 1.91. The maximum Gasteiger partial charge on any atom is 0.287 e. The topological polar surface area (TPSA) is 42.2 Å². The molecule has 0 radical (unpaired) electrons. The van der Waals surface area contributed by atoms with Crippen molar-refractivity contribution in [1.29, 1.82) is 0 Å². The number of carbonyl (C=O) groups excluding carboxylic acids is 1. The van der Waals surface area contributed by atoms with Crippen molar-refractivity contribution in [2.75, 3.05) is 6.54 Å². The SMILES string of the molecule is CC(C)CNC(=O)c1ccc(CSC(F)F)o1. The van der Waals surface area contributed by atoms with Crippen LogP contribution >= 0.6 is 11.8 Å². The number of amides is 1. The van der Waals surface area contributed by atoms with Crippen LogP contribution in [0.1, 0.15) is 30.2 Å². The van der Waals surface area contributed by atoms with Crippen molar-refractivity contribution in [2.45, 2.75) is 25.4 Å². The number of halogens is 2. The van der Waals surface area contributed by atoms with Gasteiger partial charge in [0.1, 0.15) is 5.76 Å². The highest BCUT2D eigenvalue weighted by Gasteiger charge is 2.12. The fourth-order valence-electron chi connectivity index (χ4n) is 1.11. The average Bonchev–Trinajstić information content (AvgIpc) is 2.71. The fraction of sp³-hybridized carbons (Fsp3) is 0.545. The minimum absolute atomic E-state index is 0.0646. The molecular formula is C11H15F2NO2S. The van der Waals surface area contributed by atoms with Gasteiger partial charge >= 0.3 is 0 Å². The minimum Gasteiger partial charge on any atom is -0.455 e. The molecule has 1 aromatic rings. The normalized spacial score (nSPS) is 11.2. The summed E-state index contributed by atoms with van der Waals surface area (Å²) >= 11 is 0.469. The Morgan fingerprint density at radius 1 is 1.47 bits per heavy atom. The summed E-state index contributed by atoms with van der Waals surface area (Å²) < 4.78 is 29.0. The highest BCUT2D eigenvalue weighted by molar-refractivity contribution is 7.98. The van der Waals surface area contributed by atoms with Gasteiger partial charge in [-0.05, 0) is 18.1 Å². The van der Waals surface area contributed by atoms with Crippen molar-refractivity contribution in [3.63, 3.8) is 0 Å². The Morgan fingerprint density at radius 2 is 2.18 bits per heavy atom. The number of furan rings is 1. The molecule has 1 amide bonds. The zero-order valence-corrected chi connectivity index (χ0v) is 10.5. The Balaban J connectivity index is 2.46. The summed E-state index contributed by atoms with van der Waals surface area (Å²) in [5, 5.41) is 2.69. The second kappa shape index (κ2) is 6.64. The number of hydrogen-bond donors (Lipinski definition) is 1. The molecule has 0 aliphatic rings. The van der Waals surface area contributed by atoms with Gasteiger partial charge in [0.15, 0.2) is 5.76 Å². The first-order valence-electron chi connectivity index (χ1n) is 5.25. The van der Waals surface area contributed by atoms with Gasteiger partial charge in [-0.2, -0.15) is 8.78 Å². The van der Waals surface area contributed by atoms with Crippen molar-refractivity contribution in [1.82, 2.24) is 5.32 Å².